The van der Waals surface area contributed by atoms with Crippen molar-refractivity contribution in [1.29, 1.82) is 0 Å². The quantitative estimate of drug-likeness (QED) is 0.815. The Balaban J connectivity index is 1.55. The summed E-state index contributed by atoms with van der Waals surface area (Å²) in [6, 6.07) is 8.90. The molecule has 2 heterocycles. The average Bonchev–Trinajstić information content (AvgIpc) is 2.98. The fourth-order valence-electron chi connectivity index (χ4n) is 3.19. The van der Waals surface area contributed by atoms with Crippen molar-refractivity contribution >= 4 is 5.91 Å². The zero-order chi connectivity index (χ0) is 17.1. The number of aryl methyl sites for hydroxylation is 2. The van der Waals surface area contributed by atoms with Crippen molar-refractivity contribution in [2.45, 2.75) is 38.9 Å². The first kappa shape index (κ1) is 16.6. The Hall–Kier alpha value is -2.28. The fourth-order valence-corrected chi connectivity index (χ4v) is 3.19. The number of carbonyl (C=O) groups is 1. The number of aromatic nitrogens is 4. The van der Waals surface area contributed by atoms with E-state index >= 15 is 0 Å². The maximum absolute atomic E-state index is 12.4. The van der Waals surface area contributed by atoms with Crippen LogP contribution in [0.2, 0.25) is 0 Å². The second-order valence-electron chi connectivity index (χ2n) is 6.52. The van der Waals surface area contributed by atoms with Crippen molar-refractivity contribution in [2.75, 3.05) is 20.6 Å². The molecule has 1 atom stereocenters. The smallest absolute Gasteiger partial charge is 0.224 e. The lowest BCUT2D eigenvalue weighted by Gasteiger charge is -2.36. The van der Waals surface area contributed by atoms with Crippen molar-refractivity contribution < 1.29 is 4.79 Å². The molecule has 0 saturated heterocycles. The molecule has 1 aromatic carbocycles. The highest BCUT2D eigenvalue weighted by Crippen LogP contribution is 2.22. The van der Waals surface area contributed by atoms with Gasteiger partial charge < -0.3 is 4.90 Å². The van der Waals surface area contributed by atoms with Crippen molar-refractivity contribution in [2.24, 2.45) is 0 Å². The van der Waals surface area contributed by atoms with Crippen LogP contribution in [0.3, 0.4) is 0 Å². The van der Waals surface area contributed by atoms with Crippen LogP contribution >= 0.6 is 0 Å². The molecule has 1 unspecified atom stereocenters. The number of amides is 1. The van der Waals surface area contributed by atoms with Crippen LogP contribution in [0.4, 0.5) is 0 Å². The molecular weight excluding hydrogens is 304 g/mol. The normalized spacial score (nSPS) is 17.5. The number of hydrogen-bond acceptors (Lipinski definition) is 5. The van der Waals surface area contributed by atoms with Crippen molar-refractivity contribution in [3.8, 4) is 0 Å². The van der Waals surface area contributed by atoms with E-state index in [4.69, 9.17) is 0 Å². The van der Waals surface area contributed by atoms with Gasteiger partial charge in [-0.3, -0.25) is 9.69 Å². The number of nitrogens with zero attached hydrogens (tertiary/aromatic N) is 6. The molecule has 1 amide bonds. The first-order valence-corrected chi connectivity index (χ1v) is 8.28. The standard InChI is InChI=1S/C17H24N6O/c1-13-18-19-20-23(13)9-8-17(24)22(3)12-16-10-14-6-4-5-7-15(14)11-21(16)2/h4-7,16H,8-12H2,1-3H3. The predicted octanol–water partition coefficient (Wildman–Crippen LogP) is 0.887. The molecule has 0 spiro atoms. The van der Waals surface area contributed by atoms with Gasteiger partial charge in [0.05, 0.1) is 6.54 Å². The van der Waals surface area contributed by atoms with Gasteiger partial charge in [-0.25, -0.2) is 4.68 Å². The predicted molar refractivity (Wildman–Crippen MR) is 90.2 cm³/mol. The minimum atomic E-state index is 0.122. The summed E-state index contributed by atoms with van der Waals surface area (Å²) in [5, 5.41) is 11.3. The van der Waals surface area contributed by atoms with E-state index in [9.17, 15) is 4.79 Å². The van der Waals surface area contributed by atoms with Crippen LogP contribution in [0.1, 0.15) is 23.4 Å². The van der Waals surface area contributed by atoms with Crippen molar-refractivity contribution in [3.63, 3.8) is 0 Å². The summed E-state index contributed by atoms with van der Waals surface area (Å²) >= 11 is 0. The summed E-state index contributed by atoms with van der Waals surface area (Å²) in [5.74, 6) is 0.853. The Kier molecular flexibility index (Phi) is 4.89. The highest BCUT2D eigenvalue weighted by atomic mass is 16.2. The number of hydrogen-bond donors (Lipinski definition) is 0. The Labute approximate surface area is 142 Å². The zero-order valence-electron chi connectivity index (χ0n) is 14.5. The molecular formula is C17H24N6O. The van der Waals surface area contributed by atoms with E-state index in [0.29, 0.717) is 19.0 Å². The molecule has 0 radical (unpaired) electrons. The fraction of sp³-hybridized carbons (Fsp3) is 0.529. The molecule has 128 valence electrons. The highest BCUT2D eigenvalue weighted by molar-refractivity contribution is 5.75. The summed E-state index contributed by atoms with van der Waals surface area (Å²) in [6.45, 7) is 4.03. The van der Waals surface area contributed by atoms with E-state index in [-0.39, 0.29) is 5.91 Å². The van der Waals surface area contributed by atoms with E-state index < -0.39 is 0 Å². The average molecular weight is 328 g/mol. The van der Waals surface area contributed by atoms with E-state index in [1.54, 1.807) is 4.68 Å². The zero-order valence-corrected chi connectivity index (χ0v) is 14.5. The van der Waals surface area contributed by atoms with Crippen LogP contribution < -0.4 is 0 Å². The first-order chi connectivity index (χ1) is 11.5. The number of rotatable bonds is 5. The van der Waals surface area contributed by atoms with Gasteiger partial charge in [0.25, 0.3) is 0 Å². The lowest BCUT2D eigenvalue weighted by molar-refractivity contribution is -0.131. The van der Waals surface area contributed by atoms with E-state index in [2.05, 4.69) is 51.7 Å². The van der Waals surface area contributed by atoms with Crippen molar-refractivity contribution in [3.05, 3.63) is 41.2 Å². The molecule has 0 N–H and O–H groups in total. The van der Waals surface area contributed by atoms with Crippen LogP contribution in [0.15, 0.2) is 24.3 Å². The third-order valence-corrected chi connectivity index (χ3v) is 4.78. The maximum atomic E-state index is 12.4. The molecule has 1 aromatic heterocycles. The molecule has 0 saturated carbocycles. The van der Waals surface area contributed by atoms with Crippen molar-refractivity contribution in [1.82, 2.24) is 30.0 Å². The Bertz CT molecular complexity index is 713. The molecule has 2 aromatic rings. The van der Waals surface area contributed by atoms with Crippen LogP contribution in [0, 0.1) is 6.92 Å². The second kappa shape index (κ2) is 7.09. The minimum absolute atomic E-state index is 0.122. The van der Waals surface area contributed by atoms with Gasteiger partial charge in [0.1, 0.15) is 5.82 Å². The molecule has 7 heteroatoms. The summed E-state index contributed by atoms with van der Waals surface area (Å²) in [5.41, 5.74) is 2.78. The molecule has 0 aliphatic carbocycles. The minimum Gasteiger partial charge on any atom is -0.344 e. The van der Waals surface area contributed by atoms with Crippen LogP contribution in [-0.2, 0) is 24.3 Å². The molecule has 3 rings (SSSR count). The van der Waals surface area contributed by atoms with Gasteiger partial charge in [0.15, 0.2) is 0 Å². The Morgan fingerprint density at radius 1 is 1.33 bits per heavy atom. The Morgan fingerprint density at radius 2 is 2.08 bits per heavy atom. The van der Waals surface area contributed by atoms with Gasteiger partial charge in [-0.15, -0.1) is 5.10 Å². The SMILES string of the molecule is Cc1nnnn1CCC(=O)N(C)CC1Cc2ccccc2CN1C. The largest absolute Gasteiger partial charge is 0.344 e. The first-order valence-electron chi connectivity index (χ1n) is 8.28. The number of fused-ring (bicyclic) bond motifs is 1. The second-order valence-corrected chi connectivity index (χ2v) is 6.52. The molecule has 24 heavy (non-hydrogen) atoms. The monoisotopic (exact) mass is 328 g/mol. The van der Waals surface area contributed by atoms with Gasteiger partial charge in [0, 0.05) is 32.6 Å². The van der Waals surface area contributed by atoms with E-state index in [1.165, 1.54) is 11.1 Å². The van der Waals surface area contributed by atoms with Gasteiger partial charge >= 0.3 is 0 Å². The third-order valence-electron chi connectivity index (χ3n) is 4.78. The number of likely N-dealkylation sites (N-methyl/N-ethyl adjacent to an activating group) is 2. The molecule has 0 bridgehead atoms. The van der Waals surface area contributed by atoms with E-state index in [1.807, 2.05) is 18.9 Å². The third kappa shape index (κ3) is 3.62. The van der Waals surface area contributed by atoms with Crippen LogP contribution in [-0.4, -0.2) is 62.6 Å². The van der Waals surface area contributed by atoms with Gasteiger partial charge in [-0.05, 0) is 41.9 Å². The molecule has 1 aliphatic heterocycles. The number of tetrazole rings is 1. The summed E-state index contributed by atoms with van der Waals surface area (Å²) < 4.78 is 1.66. The maximum Gasteiger partial charge on any atom is 0.224 e. The molecule has 0 fully saturated rings. The van der Waals surface area contributed by atoms with Gasteiger partial charge in [-0.1, -0.05) is 24.3 Å². The van der Waals surface area contributed by atoms with Crippen LogP contribution in [0.25, 0.3) is 0 Å². The lowest BCUT2D eigenvalue weighted by Crippen LogP contribution is -2.46. The topological polar surface area (TPSA) is 67.2 Å². The van der Waals surface area contributed by atoms with Gasteiger partial charge in [0.2, 0.25) is 5.91 Å². The number of benzene rings is 1. The summed E-state index contributed by atoms with van der Waals surface area (Å²) in [6.07, 6.45) is 1.39. The molecule has 1 aliphatic rings. The number of carbonyl (C=O) groups excluding carboxylic acids is 1. The summed E-state index contributed by atoms with van der Waals surface area (Å²) in [7, 11) is 4.01. The lowest BCUT2D eigenvalue weighted by atomic mass is 9.94. The van der Waals surface area contributed by atoms with E-state index in [0.717, 1.165) is 25.3 Å². The molecule has 7 nitrogen and oxygen atoms in total. The summed E-state index contributed by atoms with van der Waals surface area (Å²) in [4.78, 5) is 16.6. The highest BCUT2D eigenvalue weighted by Gasteiger charge is 2.25. The van der Waals surface area contributed by atoms with Gasteiger partial charge in [-0.2, -0.15) is 0 Å². The van der Waals surface area contributed by atoms with Crippen LogP contribution in [0.5, 0.6) is 0 Å². The Morgan fingerprint density at radius 3 is 2.79 bits per heavy atom.